The van der Waals surface area contributed by atoms with Crippen molar-refractivity contribution in [1.82, 2.24) is 24.6 Å². The van der Waals surface area contributed by atoms with Crippen LogP contribution in [0.3, 0.4) is 0 Å². The van der Waals surface area contributed by atoms with Crippen molar-refractivity contribution in [2.45, 2.75) is 25.4 Å². The summed E-state index contributed by atoms with van der Waals surface area (Å²) in [6, 6.07) is 13.8. The molecule has 168 valence electrons. The molecular formula is C24H23BrN6O2. The Hall–Kier alpha value is -3.30. The molecule has 1 aliphatic heterocycles. The van der Waals surface area contributed by atoms with Gasteiger partial charge in [0.2, 0.25) is 0 Å². The summed E-state index contributed by atoms with van der Waals surface area (Å²) < 4.78 is 2.98. The molecule has 0 radical (unpaired) electrons. The lowest BCUT2D eigenvalue weighted by molar-refractivity contribution is 0.173. The SMILES string of the molecule is O=C(O)Nc1cccc(CN2CCC(n3cc(-c4cnc5cccc(Br)c5n4)cn3)CC2)c1. The number of carbonyl (C=O) groups is 1. The number of aromatic nitrogens is 4. The summed E-state index contributed by atoms with van der Waals surface area (Å²) in [5.41, 5.74) is 5.18. The molecule has 2 N–H and O–H groups in total. The molecular weight excluding hydrogens is 484 g/mol. The van der Waals surface area contributed by atoms with Gasteiger partial charge in [0.15, 0.2) is 0 Å². The maximum Gasteiger partial charge on any atom is 0.409 e. The molecule has 0 aliphatic carbocycles. The number of rotatable bonds is 5. The molecule has 0 atom stereocenters. The van der Waals surface area contributed by atoms with Gasteiger partial charge in [-0.2, -0.15) is 5.10 Å². The summed E-state index contributed by atoms with van der Waals surface area (Å²) in [7, 11) is 0. The van der Waals surface area contributed by atoms with E-state index in [4.69, 9.17) is 10.1 Å². The molecule has 1 fully saturated rings. The van der Waals surface area contributed by atoms with Crippen LogP contribution in [0.2, 0.25) is 0 Å². The molecule has 9 heteroatoms. The second-order valence-corrected chi connectivity index (χ2v) is 9.06. The highest BCUT2D eigenvalue weighted by molar-refractivity contribution is 9.10. The third kappa shape index (κ3) is 4.89. The van der Waals surface area contributed by atoms with E-state index in [1.165, 1.54) is 0 Å². The van der Waals surface area contributed by atoms with Crippen LogP contribution in [0.25, 0.3) is 22.3 Å². The smallest absolute Gasteiger partial charge is 0.409 e. The molecule has 0 unspecified atom stereocenters. The first-order valence-corrected chi connectivity index (χ1v) is 11.6. The van der Waals surface area contributed by atoms with Crippen LogP contribution in [0.4, 0.5) is 10.5 Å². The number of fused-ring (bicyclic) bond motifs is 1. The lowest BCUT2D eigenvalue weighted by Gasteiger charge is -2.32. The second kappa shape index (κ2) is 9.29. The fraction of sp³-hybridized carbons (Fsp3) is 0.250. The van der Waals surface area contributed by atoms with E-state index in [9.17, 15) is 4.79 Å². The van der Waals surface area contributed by atoms with Gasteiger partial charge in [-0.3, -0.25) is 19.9 Å². The lowest BCUT2D eigenvalue weighted by Crippen LogP contribution is -2.34. The fourth-order valence-corrected chi connectivity index (χ4v) is 4.72. The molecule has 1 amide bonds. The molecule has 1 aliphatic rings. The van der Waals surface area contributed by atoms with Crippen LogP contribution in [0.1, 0.15) is 24.4 Å². The number of nitrogens with zero attached hydrogens (tertiary/aromatic N) is 5. The summed E-state index contributed by atoms with van der Waals surface area (Å²) >= 11 is 3.56. The lowest BCUT2D eigenvalue weighted by atomic mass is 10.0. The predicted molar refractivity (Wildman–Crippen MR) is 130 cm³/mol. The van der Waals surface area contributed by atoms with Gasteiger partial charge in [0.25, 0.3) is 0 Å². The van der Waals surface area contributed by atoms with Crippen molar-refractivity contribution >= 4 is 38.7 Å². The molecule has 1 saturated heterocycles. The Kier molecular flexibility index (Phi) is 6.06. The predicted octanol–water partition coefficient (Wildman–Crippen LogP) is 5.18. The molecule has 0 saturated carbocycles. The molecule has 0 spiro atoms. The summed E-state index contributed by atoms with van der Waals surface area (Å²) in [6.45, 7) is 2.71. The van der Waals surface area contributed by atoms with Crippen LogP contribution in [0.15, 0.2) is 65.5 Å². The standard InChI is InChI=1S/C24H23BrN6O2/c25-20-5-2-6-21-23(20)29-22(13-26-21)17-12-27-31(15-17)19-7-9-30(10-8-19)14-16-3-1-4-18(11-16)28-24(32)33/h1-6,11-13,15,19,28H,7-10,14H2,(H,32,33). The van der Waals surface area contributed by atoms with Crippen LogP contribution in [0.5, 0.6) is 0 Å². The molecule has 0 bridgehead atoms. The Morgan fingerprint density at radius 2 is 1.97 bits per heavy atom. The monoisotopic (exact) mass is 506 g/mol. The van der Waals surface area contributed by atoms with Crippen molar-refractivity contribution in [2.75, 3.05) is 18.4 Å². The van der Waals surface area contributed by atoms with E-state index in [0.717, 1.165) is 64.8 Å². The minimum absolute atomic E-state index is 0.343. The number of para-hydroxylation sites is 1. The van der Waals surface area contributed by atoms with Crippen LogP contribution in [0, 0.1) is 0 Å². The molecule has 4 aromatic rings. The number of benzene rings is 2. The summed E-state index contributed by atoms with van der Waals surface area (Å²) in [4.78, 5) is 22.6. The van der Waals surface area contributed by atoms with E-state index in [0.29, 0.717) is 11.7 Å². The van der Waals surface area contributed by atoms with Crippen molar-refractivity contribution in [3.05, 3.63) is 71.1 Å². The molecule has 33 heavy (non-hydrogen) atoms. The Bertz CT molecular complexity index is 1300. The number of hydrogen-bond acceptors (Lipinski definition) is 5. The van der Waals surface area contributed by atoms with Gasteiger partial charge in [-0.25, -0.2) is 9.78 Å². The first-order chi connectivity index (χ1) is 16.0. The zero-order chi connectivity index (χ0) is 22.8. The Balaban J connectivity index is 1.23. The third-order valence-corrected chi connectivity index (χ3v) is 6.58. The maximum atomic E-state index is 10.9. The van der Waals surface area contributed by atoms with E-state index >= 15 is 0 Å². The normalized spacial score (nSPS) is 15.1. The highest BCUT2D eigenvalue weighted by atomic mass is 79.9. The van der Waals surface area contributed by atoms with Crippen molar-refractivity contribution in [2.24, 2.45) is 0 Å². The van der Waals surface area contributed by atoms with E-state index in [1.54, 1.807) is 12.3 Å². The number of hydrogen-bond donors (Lipinski definition) is 2. The van der Waals surface area contributed by atoms with Crippen LogP contribution < -0.4 is 5.32 Å². The molecule has 2 aromatic heterocycles. The average Bonchev–Trinajstić information content (AvgIpc) is 3.30. The van der Waals surface area contributed by atoms with E-state index in [1.807, 2.05) is 42.6 Å². The van der Waals surface area contributed by atoms with E-state index < -0.39 is 6.09 Å². The summed E-state index contributed by atoms with van der Waals surface area (Å²) in [5, 5.41) is 15.9. The summed E-state index contributed by atoms with van der Waals surface area (Å²) in [6.07, 6.45) is 6.68. The number of piperidine rings is 1. The number of anilines is 1. The van der Waals surface area contributed by atoms with Crippen molar-refractivity contribution in [3.63, 3.8) is 0 Å². The van der Waals surface area contributed by atoms with Crippen LogP contribution >= 0.6 is 15.9 Å². The van der Waals surface area contributed by atoms with Gasteiger partial charge in [-0.1, -0.05) is 18.2 Å². The first-order valence-electron chi connectivity index (χ1n) is 10.8. The van der Waals surface area contributed by atoms with Gasteiger partial charge in [-0.15, -0.1) is 0 Å². The average molecular weight is 507 g/mol. The van der Waals surface area contributed by atoms with Gasteiger partial charge in [0, 0.05) is 41.6 Å². The van der Waals surface area contributed by atoms with Gasteiger partial charge >= 0.3 is 6.09 Å². The number of nitrogens with one attached hydrogen (secondary N) is 1. The highest BCUT2D eigenvalue weighted by Gasteiger charge is 2.22. The largest absolute Gasteiger partial charge is 0.465 e. The second-order valence-electron chi connectivity index (χ2n) is 8.21. The van der Waals surface area contributed by atoms with Crippen LogP contribution in [-0.2, 0) is 6.54 Å². The van der Waals surface area contributed by atoms with E-state index in [2.05, 4.69) is 47.1 Å². The minimum Gasteiger partial charge on any atom is -0.465 e. The Morgan fingerprint density at radius 3 is 2.79 bits per heavy atom. The highest BCUT2D eigenvalue weighted by Crippen LogP contribution is 2.27. The Morgan fingerprint density at radius 1 is 1.15 bits per heavy atom. The fourth-order valence-electron chi connectivity index (χ4n) is 4.28. The quantitative estimate of drug-likeness (QED) is 0.387. The summed E-state index contributed by atoms with van der Waals surface area (Å²) in [5.74, 6) is 0. The first kappa shape index (κ1) is 21.5. The van der Waals surface area contributed by atoms with Gasteiger partial charge in [0.1, 0.15) is 5.52 Å². The van der Waals surface area contributed by atoms with Crippen molar-refractivity contribution in [1.29, 1.82) is 0 Å². The molecule has 2 aromatic carbocycles. The van der Waals surface area contributed by atoms with Gasteiger partial charge < -0.3 is 5.11 Å². The Labute approximate surface area is 199 Å². The van der Waals surface area contributed by atoms with Gasteiger partial charge in [-0.05, 0) is 58.6 Å². The van der Waals surface area contributed by atoms with Gasteiger partial charge in [0.05, 0.1) is 29.6 Å². The topological polar surface area (TPSA) is 96.2 Å². The number of amides is 1. The van der Waals surface area contributed by atoms with Crippen LogP contribution in [-0.4, -0.2) is 48.9 Å². The molecule has 8 nitrogen and oxygen atoms in total. The zero-order valence-electron chi connectivity index (χ0n) is 17.9. The number of likely N-dealkylation sites (tertiary alicyclic amines) is 1. The number of halogens is 1. The zero-order valence-corrected chi connectivity index (χ0v) is 19.4. The molecule has 5 rings (SSSR count). The maximum absolute atomic E-state index is 10.9. The third-order valence-electron chi connectivity index (χ3n) is 5.94. The van der Waals surface area contributed by atoms with E-state index in [-0.39, 0.29) is 0 Å². The van der Waals surface area contributed by atoms with Crippen molar-refractivity contribution < 1.29 is 9.90 Å². The molecule has 3 heterocycles. The van der Waals surface area contributed by atoms with Crippen molar-refractivity contribution in [3.8, 4) is 11.3 Å². The number of carboxylic acid groups (broad SMARTS) is 1. The minimum atomic E-state index is -1.05.